The second kappa shape index (κ2) is 7.05. The van der Waals surface area contributed by atoms with Crippen LogP contribution in [-0.4, -0.2) is 48.9 Å². The number of rotatable bonds is 4. The molecule has 0 rings (SSSR count). The largest absolute Gasteiger partial charge is 0.469 e. The average molecular weight is 251 g/mol. The molecule has 0 bridgehead atoms. The highest BCUT2D eigenvalue weighted by Crippen LogP contribution is 1.95. The quantitative estimate of drug-likeness (QED) is 0.577. The Balaban J connectivity index is 4.00. The third-order valence-corrected chi connectivity index (χ3v) is 2.02. The van der Waals surface area contributed by atoms with Gasteiger partial charge in [-0.25, -0.2) is 4.79 Å². The van der Waals surface area contributed by atoms with Gasteiger partial charge in [0.2, 0.25) is 5.91 Å². The van der Waals surface area contributed by atoms with E-state index in [0.717, 1.165) is 0 Å². The summed E-state index contributed by atoms with van der Waals surface area (Å²) in [5.74, 6) is -0.992. The third-order valence-electron chi connectivity index (χ3n) is 1.82. The first-order chi connectivity index (χ1) is 7.38. The van der Waals surface area contributed by atoms with Gasteiger partial charge >= 0.3 is 12.0 Å². The lowest BCUT2D eigenvalue weighted by Gasteiger charge is -2.16. The van der Waals surface area contributed by atoms with Gasteiger partial charge in [-0.15, -0.1) is 11.6 Å². The molecule has 92 valence electrons. The molecule has 0 saturated heterocycles. The van der Waals surface area contributed by atoms with Crippen molar-refractivity contribution in [3.05, 3.63) is 0 Å². The van der Waals surface area contributed by atoms with Crippen LogP contribution in [0.5, 0.6) is 0 Å². The number of esters is 1. The monoisotopic (exact) mass is 250 g/mol. The number of nitrogens with zero attached hydrogens (tertiary/aromatic N) is 1. The highest BCUT2D eigenvalue weighted by Gasteiger charge is 2.16. The fraction of sp³-hybridized carbons (Fsp3) is 0.667. The average Bonchev–Trinajstić information content (AvgIpc) is 2.24. The third kappa shape index (κ3) is 5.55. The summed E-state index contributed by atoms with van der Waals surface area (Å²) in [7, 11) is 2.73. The van der Waals surface area contributed by atoms with Gasteiger partial charge < -0.3 is 9.64 Å². The summed E-state index contributed by atoms with van der Waals surface area (Å²) < 4.78 is 4.41. The normalized spacial score (nSPS) is 11.5. The zero-order chi connectivity index (χ0) is 12.7. The molecule has 3 amide bonds. The molecular formula is C9H15ClN2O4. The molecule has 0 aliphatic carbocycles. The molecule has 0 radical (unpaired) electrons. The van der Waals surface area contributed by atoms with E-state index in [0.29, 0.717) is 0 Å². The molecule has 0 saturated carbocycles. The lowest BCUT2D eigenvalue weighted by atomic mass is 10.4. The SMILES string of the molecule is COC(=O)CCN(C)C(=O)NC(=O)C(C)Cl. The summed E-state index contributed by atoms with van der Waals surface area (Å²) in [5, 5.41) is 1.31. The first kappa shape index (κ1) is 14.7. The number of nitrogens with one attached hydrogen (secondary N) is 1. The molecule has 0 aliphatic heterocycles. The number of imide groups is 1. The molecule has 0 spiro atoms. The summed E-state index contributed by atoms with van der Waals surface area (Å²) in [6.07, 6.45) is 0.0744. The molecule has 0 aromatic carbocycles. The molecule has 1 atom stereocenters. The van der Waals surface area contributed by atoms with Crippen LogP contribution >= 0.6 is 11.6 Å². The van der Waals surface area contributed by atoms with Crippen molar-refractivity contribution in [3.8, 4) is 0 Å². The van der Waals surface area contributed by atoms with Crippen LogP contribution in [0.1, 0.15) is 13.3 Å². The van der Waals surface area contributed by atoms with Crippen molar-refractivity contribution in [3.63, 3.8) is 0 Å². The number of urea groups is 1. The van der Waals surface area contributed by atoms with Gasteiger partial charge in [0, 0.05) is 13.6 Å². The van der Waals surface area contributed by atoms with Gasteiger partial charge in [0.1, 0.15) is 5.38 Å². The topological polar surface area (TPSA) is 75.7 Å². The highest BCUT2D eigenvalue weighted by atomic mass is 35.5. The minimum absolute atomic E-state index is 0.0744. The number of methoxy groups -OCH3 is 1. The van der Waals surface area contributed by atoms with Crippen molar-refractivity contribution < 1.29 is 19.1 Å². The van der Waals surface area contributed by atoms with E-state index in [2.05, 4.69) is 10.1 Å². The number of carbonyl (C=O) groups is 3. The van der Waals surface area contributed by atoms with Crippen molar-refractivity contribution in [1.82, 2.24) is 10.2 Å². The van der Waals surface area contributed by atoms with Crippen molar-refractivity contribution in [2.45, 2.75) is 18.7 Å². The van der Waals surface area contributed by atoms with Crippen molar-refractivity contribution >= 4 is 29.5 Å². The molecule has 0 aromatic heterocycles. The van der Waals surface area contributed by atoms with Gasteiger partial charge in [0.25, 0.3) is 0 Å². The number of carbonyl (C=O) groups excluding carboxylic acids is 3. The van der Waals surface area contributed by atoms with Gasteiger partial charge in [-0.2, -0.15) is 0 Å². The molecule has 1 N–H and O–H groups in total. The zero-order valence-electron chi connectivity index (χ0n) is 9.45. The van der Waals surface area contributed by atoms with Crippen LogP contribution in [0.15, 0.2) is 0 Å². The van der Waals surface area contributed by atoms with E-state index in [1.807, 2.05) is 0 Å². The molecule has 0 heterocycles. The minimum Gasteiger partial charge on any atom is -0.469 e. The molecule has 7 heteroatoms. The Bertz CT molecular complexity index is 281. The van der Waals surface area contributed by atoms with E-state index < -0.39 is 23.3 Å². The van der Waals surface area contributed by atoms with Gasteiger partial charge in [0.15, 0.2) is 0 Å². The summed E-state index contributed by atoms with van der Waals surface area (Å²) in [6.45, 7) is 1.63. The standard InChI is InChI=1S/C9H15ClN2O4/c1-6(10)8(14)11-9(15)12(2)5-4-7(13)16-3/h6H,4-5H2,1-3H3,(H,11,14,15). The molecule has 16 heavy (non-hydrogen) atoms. The number of hydrogen-bond donors (Lipinski definition) is 1. The molecule has 0 fully saturated rings. The molecule has 6 nitrogen and oxygen atoms in total. The van der Waals surface area contributed by atoms with Crippen molar-refractivity contribution in [2.24, 2.45) is 0 Å². The Labute approximate surface area is 98.9 Å². The van der Waals surface area contributed by atoms with Crippen LogP contribution in [0.2, 0.25) is 0 Å². The number of alkyl halides is 1. The molecule has 1 unspecified atom stereocenters. The maximum atomic E-state index is 11.3. The second-order valence-electron chi connectivity index (χ2n) is 3.16. The molecule has 0 aromatic rings. The lowest BCUT2D eigenvalue weighted by molar-refractivity contribution is -0.140. The Morgan fingerprint density at radius 1 is 1.44 bits per heavy atom. The highest BCUT2D eigenvalue weighted by molar-refractivity contribution is 6.31. The second-order valence-corrected chi connectivity index (χ2v) is 3.81. The Hall–Kier alpha value is -1.30. The number of hydrogen-bond acceptors (Lipinski definition) is 4. The molecule has 0 aliphatic rings. The van der Waals surface area contributed by atoms with E-state index in [4.69, 9.17) is 11.6 Å². The van der Waals surface area contributed by atoms with Gasteiger partial charge in [0.05, 0.1) is 13.5 Å². The summed E-state index contributed by atoms with van der Waals surface area (Å²) in [4.78, 5) is 34.4. The predicted octanol–water partition coefficient (Wildman–Crippen LogP) is 0.345. The zero-order valence-corrected chi connectivity index (χ0v) is 10.2. The number of ether oxygens (including phenoxy) is 1. The van der Waals surface area contributed by atoms with E-state index >= 15 is 0 Å². The van der Waals surface area contributed by atoms with Crippen LogP contribution in [0.3, 0.4) is 0 Å². The maximum Gasteiger partial charge on any atom is 0.323 e. The lowest BCUT2D eigenvalue weighted by Crippen LogP contribution is -2.43. The van der Waals surface area contributed by atoms with E-state index in [-0.39, 0.29) is 13.0 Å². The minimum atomic E-state index is -0.780. The maximum absolute atomic E-state index is 11.3. The molecular weight excluding hydrogens is 236 g/mol. The fourth-order valence-corrected chi connectivity index (χ4v) is 0.817. The summed E-state index contributed by atoms with van der Waals surface area (Å²) in [6, 6.07) is -0.596. The van der Waals surface area contributed by atoms with Crippen LogP contribution in [0.25, 0.3) is 0 Å². The van der Waals surface area contributed by atoms with E-state index in [1.165, 1.54) is 26.0 Å². The van der Waals surface area contributed by atoms with Crippen LogP contribution < -0.4 is 5.32 Å². The van der Waals surface area contributed by atoms with Gasteiger partial charge in [-0.05, 0) is 6.92 Å². The number of amides is 3. The van der Waals surface area contributed by atoms with Gasteiger partial charge in [-0.1, -0.05) is 0 Å². The van der Waals surface area contributed by atoms with Crippen molar-refractivity contribution in [2.75, 3.05) is 20.7 Å². The Kier molecular flexibility index (Phi) is 6.48. The fourth-order valence-electron chi connectivity index (χ4n) is 0.763. The first-order valence-corrected chi connectivity index (χ1v) is 5.09. The van der Waals surface area contributed by atoms with Crippen LogP contribution in [0.4, 0.5) is 4.79 Å². The predicted molar refractivity (Wildman–Crippen MR) is 58.1 cm³/mol. The van der Waals surface area contributed by atoms with Gasteiger partial charge in [-0.3, -0.25) is 14.9 Å². The summed E-state index contributed by atoms with van der Waals surface area (Å²) >= 11 is 5.47. The first-order valence-electron chi connectivity index (χ1n) is 4.65. The van der Waals surface area contributed by atoms with E-state index in [1.54, 1.807) is 0 Å². The van der Waals surface area contributed by atoms with Crippen LogP contribution in [0, 0.1) is 0 Å². The Morgan fingerprint density at radius 3 is 2.44 bits per heavy atom. The summed E-state index contributed by atoms with van der Waals surface area (Å²) in [5.41, 5.74) is 0. The van der Waals surface area contributed by atoms with E-state index in [9.17, 15) is 14.4 Å². The van der Waals surface area contributed by atoms with Crippen LogP contribution in [-0.2, 0) is 14.3 Å². The smallest absolute Gasteiger partial charge is 0.323 e. The number of halogens is 1. The Morgan fingerprint density at radius 2 is 2.00 bits per heavy atom. The van der Waals surface area contributed by atoms with Crippen molar-refractivity contribution in [1.29, 1.82) is 0 Å².